The number of nitrogens with zero attached hydrogens (tertiary/aromatic N) is 3. The third kappa shape index (κ3) is 4.78. The number of rotatable bonds is 6. The highest BCUT2D eigenvalue weighted by Crippen LogP contribution is 2.17. The summed E-state index contributed by atoms with van der Waals surface area (Å²) in [4.78, 5) is 15.8. The van der Waals surface area contributed by atoms with Crippen molar-refractivity contribution in [1.29, 1.82) is 0 Å². The lowest BCUT2D eigenvalue weighted by Crippen LogP contribution is -2.37. The molecule has 0 aliphatic rings. The fourth-order valence-corrected chi connectivity index (χ4v) is 3.82. The molecule has 0 saturated carbocycles. The first-order valence-corrected chi connectivity index (χ1v) is 9.06. The summed E-state index contributed by atoms with van der Waals surface area (Å²) in [5.41, 5.74) is 1.22. The maximum Gasteiger partial charge on any atom is 0.191 e. The summed E-state index contributed by atoms with van der Waals surface area (Å²) in [5, 5.41) is 8.87. The van der Waals surface area contributed by atoms with Gasteiger partial charge in [-0.1, -0.05) is 6.92 Å². The van der Waals surface area contributed by atoms with Gasteiger partial charge >= 0.3 is 0 Å². The maximum atomic E-state index is 4.66. The number of aryl methyl sites for hydroxylation is 3. The van der Waals surface area contributed by atoms with E-state index in [2.05, 4.69) is 46.4 Å². The van der Waals surface area contributed by atoms with E-state index in [1.807, 2.05) is 6.20 Å². The lowest BCUT2D eigenvalue weighted by molar-refractivity contribution is 0.787. The summed E-state index contributed by atoms with van der Waals surface area (Å²) in [6, 6.07) is 0. The van der Waals surface area contributed by atoms with Gasteiger partial charge in [-0.25, -0.2) is 9.97 Å². The number of nitrogens with one attached hydrogen (secondary N) is 2. The first-order chi connectivity index (χ1) is 10.6. The van der Waals surface area contributed by atoms with E-state index < -0.39 is 0 Å². The first kappa shape index (κ1) is 16.9. The minimum Gasteiger partial charge on any atom is -0.356 e. The topological polar surface area (TPSA) is 62.2 Å². The molecule has 0 atom stereocenters. The molecule has 22 heavy (non-hydrogen) atoms. The van der Waals surface area contributed by atoms with Crippen LogP contribution in [0.25, 0.3) is 0 Å². The van der Waals surface area contributed by atoms with Crippen LogP contribution in [0.2, 0.25) is 0 Å². The fourth-order valence-electron chi connectivity index (χ4n) is 2.07. The van der Waals surface area contributed by atoms with E-state index in [0.717, 1.165) is 30.4 Å². The number of thiazole rings is 2. The van der Waals surface area contributed by atoms with Crippen molar-refractivity contribution in [2.24, 2.45) is 4.99 Å². The number of hydrogen-bond acceptors (Lipinski definition) is 5. The highest BCUT2D eigenvalue weighted by Gasteiger charge is 2.06. The van der Waals surface area contributed by atoms with Gasteiger partial charge in [-0.3, -0.25) is 4.99 Å². The summed E-state index contributed by atoms with van der Waals surface area (Å²) >= 11 is 3.49. The Morgan fingerprint density at radius 1 is 1.23 bits per heavy atom. The van der Waals surface area contributed by atoms with Gasteiger partial charge in [0.15, 0.2) is 5.96 Å². The molecule has 0 radical (unpaired) electrons. The Bertz CT molecular complexity index is 630. The number of hydrogen-bond donors (Lipinski definition) is 2. The predicted molar refractivity (Wildman–Crippen MR) is 95.0 cm³/mol. The molecular weight excluding hydrogens is 314 g/mol. The minimum absolute atomic E-state index is 0.703. The van der Waals surface area contributed by atoms with Crippen molar-refractivity contribution >= 4 is 28.6 Å². The van der Waals surface area contributed by atoms with Crippen LogP contribution in [0.5, 0.6) is 0 Å². The molecule has 2 aromatic heterocycles. The molecule has 0 unspecified atom stereocenters. The molecule has 2 rings (SSSR count). The molecule has 0 fully saturated rings. The Balaban J connectivity index is 1.76. The molecule has 7 heteroatoms. The highest BCUT2D eigenvalue weighted by molar-refractivity contribution is 7.11. The number of aromatic nitrogens is 2. The molecule has 0 aromatic carbocycles. The van der Waals surface area contributed by atoms with Crippen molar-refractivity contribution in [3.05, 3.63) is 31.7 Å². The van der Waals surface area contributed by atoms with Gasteiger partial charge in [-0.05, 0) is 20.3 Å². The molecule has 2 N–H and O–H groups in total. The molecule has 0 spiro atoms. The van der Waals surface area contributed by atoms with Gasteiger partial charge in [0.05, 0.1) is 17.2 Å². The Labute approximate surface area is 139 Å². The van der Waals surface area contributed by atoms with Crippen LogP contribution in [0.15, 0.2) is 11.2 Å². The second-order valence-electron chi connectivity index (χ2n) is 4.93. The first-order valence-electron chi connectivity index (χ1n) is 7.43. The monoisotopic (exact) mass is 337 g/mol. The van der Waals surface area contributed by atoms with Crippen molar-refractivity contribution < 1.29 is 0 Å². The van der Waals surface area contributed by atoms with Gasteiger partial charge in [0.25, 0.3) is 0 Å². The zero-order chi connectivity index (χ0) is 15.9. The molecule has 0 amide bonds. The zero-order valence-corrected chi connectivity index (χ0v) is 15.2. The van der Waals surface area contributed by atoms with Gasteiger partial charge in [0.2, 0.25) is 0 Å². The van der Waals surface area contributed by atoms with Crippen LogP contribution in [-0.2, 0) is 19.4 Å². The third-order valence-corrected chi connectivity index (χ3v) is 5.19. The van der Waals surface area contributed by atoms with Gasteiger partial charge in [0, 0.05) is 36.0 Å². The number of guanidine groups is 1. The fraction of sp³-hybridized carbons (Fsp3) is 0.533. The Morgan fingerprint density at radius 2 is 2.05 bits per heavy atom. The minimum atomic E-state index is 0.703. The van der Waals surface area contributed by atoms with Gasteiger partial charge in [-0.15, -0.1) is 22.7 Å². The SMILES string of the molecule is CCc1nc(CCNC(=NC)NCc2ncc(C)s2)sc1C. The average molecular weight is 338 g/mol. The standard InChI is InChI=1S/C15H23N5S2/c1-5-12-11(3)22-13(20-12)6-7-17-15(16-4)19-9-14-18-8-10(2)21-14/h8H,5-7,9H2,1-4H3,(H2,16,17,19). The number of aliphatic imine (C=N–C) groups is 1. The molecule has 5 nitrogen and oxygen atoms in total. The largest absolute Gasteiger partial charge is 0.356 e. The van der Waals surface area contributed by atoms with Crippen LogP contribution in [0.3, 0.4) is 0 Å². The molecule has 0 saturated heterocycles. The van der Waals surface area contributed by atoms with Crippen molar-refractivity contribution in [2.45, 2.75) is 40.2 Å². The van der Waals surface area contributed by atoms with E-state index in [9.17, 15) is 0 Å². The molecule has 0 bridgehead atoms. The summed E-state index contributed by atoms with van der Waals surface area (Å²) in [7, 11) is 1.78. The summed E-state index contributed by atoms with van der Waals surface area (Å²) < 4.78 is 0. The molecule has 0 aliphatic heterocycles. The predicted octanol–water partition coefficient (Wildman–Crippen LogP) is 2.69. The van der Waals surface area contributed by atoms with Crippen LogP contribution in [0.4, 0.5) is 0 Å². The van der Waals surface area contributed by atoms with Crippen molar-refractivity contribution in [2.75, 3.05) is 13.6 Å². The van der Waals surface area contributed by atoms with E-state index >= 15 is 0 Å². The van der Waals surface area contributed by atoms with Crippen LogP contribution < -0.4 is 10.6 Å². The van der Waals surface area contributed by atoms with E-state index in [0.29, 0.717) is 6.54 Å². The molecule has 120 valence electrons. The summed E-state index contributed by atoms with van der Waals surface area (Å²) in [6.07, 6.45) is 3.82. The molecule has 0 aliphatic carbocycles. The Hall–Kier alpha value is -1.47. The molecule has 2 heterocycles. The lowest BCUT2D eigenvalue weighted by Gasteiger charge is -2.09. The van der Waals surface area contributed by atoms with Crippen molar-refractivity contribution in [3.8, 4) is 0 Å². The zero-order valence-electron chi connectivity index (χ0n) is 13.6. The summed E-state index contributed by atoms with van der Waals surface area (Å²) in [6.45, 7) is 7.89. The second-order valence-corrected chi connectivity index (χ2v) is 7.54. The smallest absolute Gasteiger partial charge is 0.191 e. The van der Waals surface area contributed by atoms with E-state index in [1.54, 1.807) is 29.7 Å². The van der Waals surface area contributed by atoms with Crippen molar-refractivity contribution in [3.63, 3.8) is 0 Å². The van der Waals surface area contributed by atoms with E-state index in [-0.39, 0.29) is 0 Å². The Morgan fingerprint density at radius 3 is 2.64 bits per heavy atom. The Kier molecular flexibility index (Phi) is 6.33. The van der Waals surface area contributed by atoms with Crippen LogP contribution in [0, 0.1) is 13.8 Å². The normalized spacial score (nSPS) is 11.7. The van der Waals surface area contributed by atoms with E-state index in [1.165, 1.54) is 20.5 Å². The van der Waals surface area contributed by atoms with E-state index in [4.69, 9.17) is 0 Å². The van der Waals surface area contributed by atoms with Crippen molar-refractivity contribution in [1.82, 2.24) is 20.6 Å². The summed E-state index contributed by atoms with van der Waals surface area (Å²) in [5.74, 6) is 0.803. The second kappa shape index (κ2) is 8.24. The quantitative estimate of drug-likeness (QED) is 0.628. The maximum absolute atomic E-state index is 4.66. The lowest BCUT2D eigenvalue weighted by atomic mass is 10.3. The average Bonchev–Trinajstić information content (AvgIpc) is 3.08. The van der Waals surface area contributed by atoms with Crippen LogP contribution in [0.1, 0.15) is 32.4 Å². The molecule has 2 aromatic rings. The molecular formula is C15H23N5S2. The van der Waals surface area contributed by atoms with Gasteiger partial charge in [-0.2, -0.15) is 0 Å². The van der Waals surface area contributed by atoms with Crippen LogP contribution in [-0.4, -0.2) is 29.5 Å². The van der Waals surface area contributed by atoms with Gasteiger partial charge < -0.3 is 10.6 Å². The third-order valence-electron chi connectivity index (χ3n) is 3.20. The highest BCUT2D eigenvalue weighted by atomic mass is 32.1. The van der Waals surface area contributed by atoms with Crippen LogP contribution >= 0.6 is 22.7 Å². The van der Waals surface area contributed by atoms with Gasteiger partial charge in [0.1, 0.15) is 5.01 Å².